The Kier molecular flexibility index (Phi) is 3.02. The number of benzene rings is 1. The number of carbonyl (C=O) groups excluding carboxylic acids is 1. The second-order valence-corrected chi connectivity index (χ2v) is 4.39. The number of nitrogens with two attached hydrogens (primary N) is 1. The fourth-order valence-electron chi connectivity index (χ4n) is 1.99. The van der Waals surface area contributed by atoms with Crippen molar-refractivity contribution in [1.82, 2.24) is 0 Å². The van der Waals surface area contributed by atoms with Gasteiger partial charge >= 0.3 is 6.09 Å². The summed E-state index contributed by atoms with van der Waals surface area (Å²) in [6, 6.07) is 6.15. The highest BCUT2D eigenvalue weighted by molar-refractivity contribution is 5.90. The Labute approximate surface area is 99.2 Å². The fraction of sp³-hybridized carbons (Fsp3) is 0.417. The third-order valence-electron chi connectivity index (χ3n) is 2.86. The zero-order valence-corrected chi connectivity index (χ0v) is 9.65. The SMILES string of the molecule is CC1(CCN)CN(c2ccccc2F)C(=O)O1. The van der Waals surface area contributed by atoms with Crippen LogP contribution >= 0.6 is 0 Å². The molecule has 2 rings (SSSR count). The molecule has 92 valence electrons. The molecule has 5 heteroatoms. The van der Waals surface area contributed by atoms with E-state index < -0.39 is 17.5 Å². The van der Waals surface area contributed by atoms with Crippen molar-refractivity contribution >= 4 is 11.8 Å². The minimum absolute atomic E-state index is 0.248. The molecule has 1 fully saturated rings. The first-order valence-corrected chi connectivity index (χ1v) is 5.51. The quantitative estimate of drug-likeness (QED) is 0.874. The third kappa shape index (κ3) is 2.24. The highest BCUT2D eigenvalue weighted by Gasteiger charge is 2.42. The van der Waals surface area contributed by atoms with Gasteiger partial charge in [0.05, 0.1) is 12.2 Å². The minimum atomic E-state index is -0.631. The monoisotopic (exact) mass is 238 g/mol. The lowest BCUT2D eigenvalue weighted by molar-refractivity contribution is 0.0672. The Hall–Kier alpha value is -1.62. The first-order valence-electron chi connectivity index (χ1n) is 5.51. The number of halogens is 1. The Balaban J connectivity index is 2.25. The van der Waals surface area contributed by atoms with Crippen LogP contribution in [0.4, 0.5) is 14.9 Å². The van der Waals surface area contributed by atoms with Crippen LogP contribution in [0.25, 0.3) is 0 Å². The number of ether oxygens (including phenoxy) is 1. The molecular formula is C12H15FN2O2. The highest BCUT2D eigenvalue weighted by Crippen LogP contribution is 2.31. The number of cyclic esters (lactones) is 1. The molecule has 0 saturated carbocycles. The average Bonchev–Trinajstić information content (AvgIpc) is 2.55. The van der Waals surface area contributed by atoms with Crippen molar-refractivity contribution in [1.29, 1.82) is 0 Å². The van der Waals surface area contributed by atoms with Crippen molar-refractivity contribution in [3.05, 3.63) is 30.1 Å². The predicted molar refractivity (Wildman–Crippen MR) is 62.3 cm³/mol. The molecule has 1 amide bonds. The maximum absolute atomic E-state index is 13.6. The van der Waals surface area contributed by atoms with Crippen molar-refractivity contribution in [3.63, 3.8) is 0 Å². The summed E-state index contributed by atoms with van der Waals surface area (Å²) < 4.78 is 18.8. The van der Waals surface area contributed by atoms with Crippen LogP contribution in [0.5, 0.6) is 0 Å². The minimum Gasteiger partial charge on any atom is -0.441 e. The van der Waals surface area contributed by atoms with Crippen LogP contribution in [0, 0.1) is 5.82 Å². The van der Waals surface area contributed by atoms with Crippen LogP contribution in [-0.4, -0.2) is 24.8 Å². The van der Waals surface area contributed by atoms with Crippen molar-refractivity contribution < 1.29 is 13.9 Å². The molecular weight excluding hydrogens is 223 g/mol. The normalized spacial score (nSPS) is 23.9. The van der Waals surface area contributed by atoms with Gasteiger partial charge in [0.2, 0.25) is 0 Å². The van der Waals surface area contributed by atoms with E-state index in [4.69, 9.17) is 10.5 Å². The first-order chi connectivity index (χ1) is 8.06. The summed E-state index contributed by atoms with van der Waals surface area (Å²) in [6.07, 6.45) is 0.0370. The summed E-state index contributed by atoms with van der Waals surface area (Å²) in [5, 5.41) is 0. The molecule has 1 aromatic carbocycles. The second kappa shape index (κ2) is 4.33. The summed E-state index contributed by atoms with van der Waals surface area (Å²) in [4.78, 5) is 13.0. The van der Waals surface area contributed by atoms with Crippen LogP contribution < -0.4 is 10.6 Å². The van der Waals surface area contributed by atoms with E-state index in [2.05, 4.69) is 0 Å². The van der Waals surface area contributed by atoms with E-state index >= 15 is 0 Å². The maximum atomic E-state index is 13.6. The molecule has 1 aliphatic rings. The number of para-hydroxylation sites is 1. The summed E-state index contributed by atoms with van der Waals surface area (Å²) in [7, 11) is 0. The average molecular weight is 238 g/mol. The van der Waals surface area contributed by atoms with Crippen LogP contribution in [0.2, 0.25) is 0 Å². The number of amides is 1. The molecule has 17 heavy (non-hydrogen) atoms. The molecule has 0 bridgehead atoms. The van der Waals surface area contributed by atoms with Crippen molar-refractivity contribution in [2.45, 2.75) is 18.9 Å². The smallest absolute Gasteiger partial charge is 0.415 e. The van der Waals surface area contributed by atoms with Crippen LogP contribution in [0.15, 0.2) is 24.3 Å². The molecule has 1 heterocycles. The zero-order chi connectivity index (χ0) is 12.5. The van der Waals surface area contributed by atoms with E-state index in [0.29, 0.717) is 19.5 Å². The van der Waals surface area contributed by atoms with Crippen LogP contribution in [0.3, 0.4) is 0 Å². The molecule has 1 unspecified atom stereocenters. The van der Waals surface area contributed by atoms with Gasteiger partial charge in [0.1, 0.15) is 11.4 Å². The van der Waals surface area contributed by atoms with Crippen molar-refractivity contribution in [2.24, 2.45) is 5.73 Å². The van der Waals surface area contributed by atoms with Gasteiger partial charge < -0.3 is 10.5 Å². The number of carbonyl (C=O) groups is 1. The molecule has 1 aliphatic heterocycles. The van der Waals surface area contributed by atoms with Gasteiger partial charge in [-0.2, -0.15) is 0 Å². The molecule has 2 N–H and O–H groups in total. The summed E-state index contributed by atoms with van der Waals surface area (Å²) in [5.41, 5.74) is 5.09. The van der Waals surface area contributed by atoms with Gasteiger partial charge in [-0.3, -0.25) is 4.90 Å². The van der Waals surface area contributed by atoms with E-state index in [-0.39, 0.29) is 5.69 Å². The van der Waals surface area contributed by atoms with Gasteiger partial charge in [0, 0.05) is 6.42 Å². The molecule has 1 saturated heterocycles. The van der Waals surface area contributed by atoms with Gasteiger partial charge in [-0.1, -0.05) is 12.1 Å². The molecule has 1 atom stereocenters. The van der Waals surface area contributed by atoms with E-state index in [1.807, 2.05) is 0 Å². The van der Waals surface area contributed by atoms with Gasteiger partial charge in [0.15, 0.2) is 0 Å². The number of nitrogens with zero attached hydrogens (tertiary/aromatic N) is 1. The number of anilines is 1. The fourth-order valence-corrected chi connectivity index (χ4v) is 1.99. The molecule has 0 aliphatic carbocycles. The predicted octanol–water partition coefficient (Wildman–Crippen LogP) is 1.89. The zero-order valence-electron chi connectivity index (χ0n) is 9.65. The van der Waals surface area contributed by atoms with Gasteiger partial charge in [-0.05, 0) is 25.6 Å². The Morgan fingerprint density at radius 1 is 1.53 bits per heavy atom. The Bertz CT molecular complexity index is 438. The number of hydrogen-bond acceptors (Lipinski definition) is 3. The molecule has 0 spiro atoms. The Morgan fingerprint density at radius 3 is 2.88 bits per heavy atom. The van der Waals surface area contributed by atoms with Crippen molar-refractivity contribution in [2.75, 3.05) is 18.0 Å². The van der Waals surface area contributed by atoms with Crippen molar-refractivity contribution in [3.8, 4) is 0 Å². The standard InChI is InChI=1S/C12H15FN2O2/c1-12(6-7-14)8-15(11(16)17-12)10-5-3-2-4-9(10)13/h2-5H,6-8,14H2,1H3. The summed E-state index contributed by atoms with van der Waals surface area (Å²) in [5.74, 6) is -0.429. The van der Waals surface area contributed by atoms with Gasteiger partial charge in [-0.25, -0.2) is 9.18 Å². The lowest BCUT2D eigenvalue weighted by Gasteiger charge is -2.20. The molecule has 0 aromatic heterocycles. The highest BCUT2D eigenvalue weighted by atomic mass is 19.1. The van der Waals surface area contributed by atoms with E-state index in [0.717, 1.165) is 0 Å². The summed E-state index contributed by atoms with van der Waals surface area (Å²) >= 11 is 0. The van der Waals surface area contributed by atoms with E-state index in [1.165, 1.54) is 11.0 Å². The van der Waals surface area contributed by atoms with E-state index in [1.54, 1.807) is 25.1 Å². The Morgan fingerprint density at radius 2 is 2.24 bits per heavy atom. The molecule has 4 nitrogen and oxygen atoms in total. The second-order valence-electron chi connectivity index (χ2n) is 4.39. The molecule has 1 aromatic rings. The van der Waals surface area contributed by atoms with Crippen LogP contribution in [-0.2, 0) is 4.74 Å². The maximum Gasteiger partial charge on any atom is 0.415 e. The van der Waals surface area contributed by atoms with E-state index in [9.17, 15) is 9.18 Å². The lowest BCUT2D eigenvalue weighted by atomic mass is 10.0. The van der Waals surface area contributed by atoms with Gasteiger partial charge in [0.25, 0.3) is 0 Å². The van der Waals surface area contributed by atoms with Crippen LogP contribution in [0.1, 0.15) is 13.3 Å². The largest absolute Gasteiger partial charge is 0.441 e. The third-order valence-corrected chi connectivity index (χ3v) is 2.86. The summed E-state index contributed by atoms with van der Waals surface area (Å²) in [6.45, 7) is 2.55. The lowest BCUT2D eigenvalue weighted by Crippen LogP contribution is -2.33. The first kappa shape index (κ1) is 11.9. The number of rotatable bonds is 3. The number of hydrogen-bond donors (Lipinski definition) is 1. The van der Waals surface area contributed by atoms with Gasteiger partial charge in [-0.15, -0.1) is 0 Å². The topological polar surface area (TPSA) is 55.6 Å². The molecule has 0 radical (unpaired) electrons.